The summed E-state index contributed by atoms with van der Waals surface area (Å²) >= 11 is 0. The number of carbonyl (C=O) groups excluding carboxylic acids is 1. The minimum Gasteiger partial charge on any atom is -0.489 e. The predicted octanol–water partition coefficient (Wildman–Crippen LogP) is 5.80. The van der Waals surface area contributed by atoms with Crippen LogP contribution in [0.15, 0.2) is 72.8 Å². The van der Waals surface area contributed by atoms with Gasteiger partial charge < -0.3 is 10.1 Å². The molecule has 1 N–H and O–H groups in total. The average Bonchev–Trinajstić information content (AvgIpc) is 3.18. The number of aromatic nitrogens is 2. The molecule has 0 bridgehead atoms. The number of carbonyl (C=O) groups is 1. The van der Waals surface area contributed by atoms with E-state index in [1.165, 1.54) is 16.8 Å². The topological polar surface area (TPSA) is 56.2 Å². The van der Waals surface area contributed by atoms with Crippen molar-refractivity contribution in [2.75, 3.05) is 0 Å². The molecule has 1 aromatic heterocycles. The van der Waals surface area contributed by atoms with Gasteiger partial charge in [-0.05, 0) is 48.0 Å². The van der Waals surface area contributed by atoms with E-state index in [9.17, 15) is 31.1 Å². The highest BCUT2D eigenvalue weighted by Crippen LogP contribution is 2.31. The highest BCUT2D eigenvalue weighted by atomic mass is 19.4. The van der Waals surface area contributed by atoms with Crippen LogP contribution in [0, 0.1) is 0 Å². The molecule has 35 heavy (non-hydrogen) atoms. The van der Waals surface area contributed by atoms with Gasteiger partial charge in [0.05, 0.1) is 29.0 Å². The maximum absolute atomic E-state index is 12.9. The number of halogens is 6. The first kappa shape index (κ1) is 24.1. The van der Waals surface area contributed by atoms with Crippen LogP contribution in [0.2, 0.25) is 0 Å². The second kappa shape index (κ2) is 9.32. The van der Waals surface area contributed by atoms with E-state index >= 15 is 0 Å². The minimum absolute atomic E-state index is 0.0858. The molecule has 0 aliphatic rings. The number of ether oxygens (including phenoxy) is 1. The highest BCUT2D eigenvalue weighted by Gasteiger charge is 2.38. The molecular weight excluding hydrogens is 476 g/mol. The fraction of sp³-hybridized carbons (Fsp3) is 0.167. The number of benzene rings is 3. The zero-order valence-corrected chi connectivity index (χ0v) is 17.8. The zero-order chi connectivity index (χ0) is 25.2. The summed E-state index contributed by atoms with van der Waals surface area (Å²) in [4.78, 5) is 11.3. The monoisotopic (exact) mass is 493 g/mol. The van der Waals surface area contributed by atoms with Gasteiger partial charge in [-0.3, -0.25) is 4.79 Å². The number of hydrogen-bond donors (Lipinski definition) is 1. The molecule has 5 nitrogen and oxygen atoms in total. The third-order valence-corrected chi connectivity index (χ3v) is 5.09. The van der Waals surface area contributed by atoms with Crippen molar-refractivity contribution in [2.45, 2.75) is 25.5 Å². The lowest BCUT2D eigenvalue weighted by Crippen LogP contribution is -2.36. The molecule has 4 rings (SSSR count). The summed E-state index contributed by atoms with van der Waals surface area (Å²) in [5.74, 6) is -1.73. The van der Waals surface area contributed by atoms with Crippen LogP contribution in [-0.4, -0.2) is 21.9 Å². The van der Waals surface area contributed by atoms with Crippen molar-refractivity contribution in [3.05, 3.63) is 89.6 Å². The van der Waals surface area contributed by atoms with E-state index in [1.54, 1.807) is 23.5 Å². The van der Waals surface area contributed by atoms with Crippen molar-refractivity contribution < 1.29 is 35.9 Å². The predicted molar refractivity (Wildman–Crippen MR) is 115 cm³/mol. The van der Waals surface area contributed by atoms with Gasteiger partial charge in [0.25, 0.3) is 0 Å². The SMILES string of the molecule is O=C(NCc1nn(-c2ccc(C(F)(F)F)cc2)c2ccc(OCc3ccccc3)cc12)C(F)(F)F. The highest BCUT2D eigenvalue weighted by molar-refractivity contribution is 5.86. The summed E-state index contributed by atoms with van der Waals surface area (Å²) in [6.07, 6.45) is -9.60. The average molecular weight is 493 g/mol. The minimum atomic E-state index is -5.07. The van der Waals surface area contributed by atoms with E-state index in [-0.39, 0.29) is 18.0 Å². The molecule has 0 radical (unpaired) electrons. The lowest BCUT2D eigenvalue weighted by Gasteiger charge is -2.09. The van der Waals surface area contributed by atoms with Crippen LogP contribution in [0.1, 0.15) is 16.8 Å². The third kappa shape index (κ3) is 5.56. The number of nitrogens with zero attached hydrogens (tertiary/aromatic N) is 2. The van der Waals surface area contributed by atoms with Gasteiger partial charge in [0.15, 0.2) is 0 Å². The molecule has 0 fully saturated rings. The molecule has 1 heterocycles. The van der Waals surface area contributed by atoms with E-state index in [4.69, 9.17) is 4.74 Å². The van der Waals surface area contributed by atoms with E-state index in [0.717, 1.165) is 17.7 Å². The number of rotatable bonds is 6. The molecule has 0 atom stereocenters. The van der Waals surface area contributed by atoms with Crippen LogP contribution in [0.4, 0.5) is 26.3 Å². The number of amides is 1. The van der Waals surface area contributed by atoms with Gasteiger partial charge in [0.1, 0.15) is 12.4 Å². The Morgan fingerprint density at radius 1 is 0.914 bits per heavy atom. The molecule has 0 aliphatic carbocycles. The summed E-state index contributed by atoms with van der Waals surface area (Å²) in [6, 6.07) is 18.2. The Morgan fingerprint density at radius 2 is 1.60 bits per heavy atom. The first-order chi connectivity index (χ1) is 16.5. The summed E-state index contributed by atoms with van der Waals surface area (Å²) in [7, 11) is 0. The molecule has 4 aromatic rings. The van der Waals surface area contributed by atoms with E-state index < -0.39 is 30.4 Å². The van der Waals surface area contributed by atoms with E-state index in [1.807, 2.05) is 30.3 Å². The summed E-state index contributed by atoms with van der Waals surface area (Å²) in [5, 5.41) is 6.41. The second-order valence-corrected chi connectivity index (χ2v) is 7.54. The maximum Gasteiger partial charge on any atom is 0.471 e. The molecule has 0 aliphatic heterocycles. The first-order valence-corrected chi connectivity index (χ1v) is 10.2. The Kier molecular flexibility index (Phi) is 6.42. The Bertz CT molecular complexity index is 1330. The van der Waals surface area contributed by atoms with Gasteiger partial charge >= 0.3 is 18.3 Å². The van der Waals surface area contributed by atoms with Crippen LogP contribution in [0.3, 0.4) is 0 Å². The fourth-order valence-electron chi connectivity index (χ4n) is 3.37. The summed E-state index contributed by atoms with van der Waals surface area (Å²) in [5.41, 5.74) is 0.794. The van der Waals surface area contributed by atoms with Crippen molar-refractivity contribution >= 4 is 16.8 Å². The molecule has 0 spiro atoms. The number of hydrogen-bond acceptors (Lipinski definition) is 3. The molecule has 3 aromatic carbocycles. The van der Waals surface area contributed by atoms with Crippen LogP contribution >= 0.6 is 0 Å². The second-order valence-electron chi connectivity index (χ2n) is 7.54. The van der Waals surface area contributed by atoms with Crippen LogP contribution < -0.4 is 10.1 Å². The number of alkyl halides is 6. The Morgan fingerprint density at radius 3 is 2.23 bits per heavy atom. The van der Waals surface area contributed by atoms with Gasteiger partial charge in [-0.2, -0.15) is 31.4 Å². The van der Waals surface area contributed by atoms with Gasteiger partial charge in [0.2, 0.25) is 0 Å². The van der Waals surface area contributed by atoms with Crippen molar-refractivity contribution in [3.8, 4) is 11.4 Å². The van der Waals surface area contributed by atoms with E-state index in [0.29, 0.717) is 16.7 Å². The van der Waals surface area contributed by atoms with Crippen molar-refractivity contribution in [3.63, 3.8) is 0 Å². The summed E-state index contributed by atoms with van der Waals surface area (Å²) in [6.45, 7) is -0.315. The van der Waals surface area contributed by atoms with Crippen molar-refractivity contribution in [1.29, 1.82) is 0 Å². The molecular formula is C24H17F6N3O2. The maximum atomic E-state index is 12.9. The first-order valence-electron chi connectivity index (χ1n) is 10.2. The Labute approximate surface area is 194 Å². The number of nitrogens with one attached hydrogen (secondary N) is 1. The quantitative estimate of drug-likeness (QED) is 0.346. The van der Waals surface area contributed by atoms with Crippen molar-refractivity contribution in [1.82, 2.24) is 15.1 Å². The van der Waals surface area contributed by atoms with Gasteiger partial charge in [0, 0.05) is 5.39 Å². The van der Waals surface area contributed by atoms with Gasteiger partial charge in [-0.25, -0.2) is 4.68 Å². The van der Waals surface area contributed by atoms with Crippen molar-refractivity contribution in [2.24, 2.45) is 0 Å². The Hall–Kier alpha value is -4.02. The normalized spacial score (nSPS) is 12.1. The van der Waals surface area contributed by atoms with Crippen LogP contribution in [0.25, 0.3) is 16.6 Å². The molecule has 0 saturated heterocycles. The zero-order valence-electron chi connectivity index (χ0n) is 17.8. The van der Waals surface area contributed by atoms with Crippen LogP contribution in [0.5, 0.6) is 5.75 Å². The summed E-state index contributed by atoms with van der Waals surface area (Å²) < 4.78 is 83.8. The van der Waals surface area contributed by atoms with E-state index in [2.05, 4.69) is 5.10 Å². The molecule has 182 valence electrons. The Balaban J connectivity index is 1.69. The lowest BCUT2D eigenvalue weighted by atomic mass is 10.1. The van der Waals surface area contributed by atoms with Gasteiger partial charge in [-0.15, -0.1) is 0 Å². The number of fused-ring (bicyclic) bond motifs is 1. The molecule has 0 saturated carbocycles. The molecule has 0 unspecified atom stereocenters. The standard InChI is InChI=1S/C24H17F6N3O2/c25-23(26,27)16-6-8-17(9-7-16)33-21-11-10-18(35-14-15-4-2-1-3-5-15)12-19(21)20(32-33)13-31-22(34)24(28,29)30/h1-12H,13-14H2,(H,31,34). The molecule has 11 heteroatoms. The third-order valence-electron chi connectivity index (χ3n) is 5.09. The van der Waals surface area contributed by atoms with Gasteiger partial charge in [-0.1, -0.05) is 30.3 Å². The molecule has 1 amide bonds. The fourth-order valence-corrected chi connectivity index (χ4v) is 3.37. The largest absolute Gasteiger partial charge is 0.489 e. The lowest BCUT2D eigenvalue weighted by molar-refractivity contribution is -0.173. The smallest absolute Gasteiger partial charge is 0.471 e. The van der Waals surface area contributed by atoms with Crippen LogP contribution in [-0.2, 0) is 24.1 Å².